The highest BCUT2D eigenvalue weighted by molar-refractivity contribution is 5.94. The molecule has 4 heteroatoms. The van der Waals surface area contributed by atoms with Crippen molar-refractivity contribution >= 4 is 5.91 Å². The fraction of sp³-hybridized carbons (Fsp3) is 0.375. The minimum absolute atomic E-state index is 0.0446. The number of nitrogens with two attached hydrogens (primary N) is 1. The Hall–Kier alpha value is -2.64. The summed E-state index contributed by atoms with van der Waals surface area (Å²) in [5, 5.41) is 3.83. The summed E-state index contributed by atoms with van der Waals surface area (Å²) in [6, 6.07) is 12.6. The van der Waals surface area contributed by atoms with E-state index < -0.39 is 5.91 Å². The van der Waals surface area contributed by atoms with E-state index in [1.807, 2.05) is 6.07 Å². The molecule has 0 radical (unpaired) electrons. The Kier molecular flexibility index (Phi) is 5.19. The highest BCUT2D eigenvalue weighted by atomic mass is 19.1. The molecular weight excluding hydrogens is 351 g/mol. The second-order valence-corrected chi connectivity index (χ2v) is 8.05. The Morgan fingerprint density at radius 1 is 1.14 bits per heavy atom. The topological polar surface area (TPSA) is 55.1 Å². The Morgan fingerprint density at radius 3 is 2.57 bits per heavy atom. The van der Waals surface area contributed by atoms with Crippen molar-refractivity contribution in [3.05, 3.63) is 70.5 Å². The van der Waals surface area contributed by atoms with Crippen LogP contribution in [0.25, 0.3) is 0 Å². The van der Waals surface area contributed by atoms with Crippen molar-refractivity contribution in [2.24, 2.45) is 5.73 Å². The van der Waals surface area contributed by atoms with Crippen LogP contribution in [0, 0.1) is 17.7 Å². The highest BCUT2D eigenvalue weighted by Gasteiger charge is 2.39. The summed E-state index contributed by atoms with van der Waals surface area (Å²) in [5.74, 6) is 5.19. The molecular formula is C24H25FN2O. The van der Waals surface area contributed by atoms with Crippen LogP contribution in [0.5, 0.6) is 0 Å². The van der Waals surface area contributed by atoms with Crippen LogP contribution < -0.4 is 11.1 Å². The third-order valence-corrected chi connectivity index (χ3v) is 5.76. The maximum atomic E-state index is 13.8. The van der Waals surface area contributed by atoms with Crippen LogP contribution in [0.1, 0.15) is 65.6 Å². The maximum absolute atomic E-state index is 13.8. The molecule has 2 saturated carbocycles. The highest BCUT2D eigenvalue weighted by Crippen LogP contribution is 2.37. The van der Waals surface area contributed by atoms with Gasteiger partial charge in [0, 0.05) is 22.7 Å². The first-order chi connectivity index (χ1) is 13.5. The fourth-order valence-corrected chi connectivity index (χ4v) is 4.21. The molecule has 2 aromatic carbocycles. The van der Waals surface area contributed by atoms with Crippen LogP contribution in [0.15, 0.2) is 42.5 Å². The molecule has 3 nitrogen and oxygen atoms in total. The van der Waals surface area contributed by atoms with Gasteiger partial charge in [0.15, 0.2) is 0 Å². The molecule has 0 unspecified atom stereocenters. The normalized spacial score (nSPS) is 17.8. The summed E-state index contributed by atoms with van der Waals surface area (Å²) in [6.45, 7) is 0. The van der Waals surface area contributed by atoms with E-state index in [9.17, 15) is 9.18 Å². The molecule has 0 aliphatic heterocycles. The number of halogens is 1. The predicted octanol–water partition coefficient (Wildman–Crippen LogP) is 3.93. The minimum atomic E-state index is -0.414. The zero-order valence-electron chi connectivity index (χ0n) is 15.9. The molecule has 2 aromatic rings. The lowest BCUT2D eigenvalue weighted by Crippen LogP contribution is -2.46. The second kappa shape index (κ2) is 7.77. The van der Waals surface area contributed by atoms with Gasteiger partial charge in [-0.1, -0.05) is 36.8 Å². The summed E-state index contributed by atoms with van der Waals surface area (Å²) in [5.41, 5.74) is 8.30. The standard InChI is InChI=1S/C24H25FN2O/c25-22-6-2-1-5-18(22)9-7-17-8-12-21(23(26)28)19(15-17)16-24(13-3-4-14-24)27-20-10-11-20/h1-2,5-6,8,12,15,20,27H,3-4,10-11,13-14,16H2,(H2,26,28). The summed E-state index contributed by atoms with van der Waals surface area (Å²) in [6.07, 6.45) is 7.89. The van der Waals surface area contributed by atoms with Gasteiger partial charge < -0.3 is 11.1 Å². The van der Waals surface area contributed by atoms with E-state index in [1.165, 1.54) is 31.7 Å². The molecule has 0 atom stereocenters. The molecule has 144 valence electrons. The van der Waals surface area contributed by atoms with Crippen molar-refractivity contribution in [1.82, 2.24) is 5.32 Å². The Balaban J connectivity index is 1.64. The Labute approximate surface area is 165 Å². The van der Waals surface area contributed by atoms with E-state index in [1.54, 1.807) is 30.3 Å². The van der Waals surface area contributed by atoms with Crippen molar-refractivity contribution < 1.29 is 9.18 Å². The lowest BCUT2D eigenvalue weighted by atomic mass is 9.86. The van der Waals surface area contributed by atoms with Gasteiger partial charge in [-0.3, -0.25) is 4.79 Å². The molecule has 0 aromatic heterocycles. The number of primary amides is 1. The third kappa shape index (κ3) is 4.26. The van der Waals surface area contributed by atoms with Gasteiger partial charge >= 0.3 is 0 Å². The summed E-state index contributed by atoms with van der Waals surface area (Å²) in [4.78, 5) is 12.0. The molecule has 0 bridgehead atoms. The van der Waals surface area contributed by atoms with Crippen LogP contribution >= 0.6 is 0 Å². The molecule has 2 fully saturated rings. The molecule has 0 saturated heterocycles. The molecule has 2 aliphatic rings. The number of carbonyl (C=O) groups is 1. The van der Waals surface area contributed by atoms with Crippen molar-refractivity contribution in [1.29, 1.82) is 0 Å². The zero-order chi connectivity index (χ0) is 19.6. The van der Waals surface area contributed by atoms with Crippen molar-refractivity contribution in [3.63, 3.8) is 0 Å². The lowest BCUT2D eigenvalue weighted by Gasteiger charge is -2.31. The van der Waals surface area contributed by atoms with Gasteiger partial charge in [0.05, 0.1) is 5.56 Å². The first-order valence-electron chi connectivity index (χ1n) is 10.0. The number of rotatable bonds is 5. The minimum Gasteiger partial charge on any atom is -0.366 e. The van der Waals surface area contributed by atoms with Gasteiger partial charge in [-0.15, -0.1) is 0 Å². The number of hydrogen-bond donors (Lipinski definition) is 2. The molecule has 1 amide bonds. The molecule has 28 heavy (non-hydrogen) atoms. The number of benzene rings is 2. The molecule has 0 heterocycles. The Bertz CT molecular complexity index is 947. The number of amides is 1. The molecule has 3 N–H and O–H groups in total. The number of hydrogen-bond acceptors (Lipinski definition) is 2. The van der Waals surface area contributed by atoms with Crippen LogP contribution in [0.4, 0.5) is 4.39 Å². The second-order valence-electron chi connectivity index (χ2n) is 8.05. The maximum Gasteiger partial charge on any atom is 0.248 e. The molecule has 4 rings (SSSR count). The van der Waals surface area contributed by atoms with Gasteiger partial charge in [0.25, 0.3) is 0 Å². The lowest BCUT2D eigenvalue weighted by molar-refractivity contribution is 0.0999. The van der Waals surface area contributed by atoms with E-state index in [-0.39, 0.29) is 11.4 Å². The van der Waals surface area contributed by atoms with Crippen LogP contribution in [-0.2, 0) is 6.42 Å². The predicted molar refractivity (Wildman–Crippen MR) is 108 cm³/mol. The number of nitrogens with one attached hydrogen (secondary N) is 1. The van der Waals surface area contributed by atoms with E-state index in [0.717, 1.165) is 30.4 Å². The largest absolute Gasteiger partial charge is 0.366 e. The number of carbonyl (C=O) groups excluding carboxylic acids is 1. The van der Waals surface area contributed by atoms with Crippen molar-refractivity contribution in [2.75, 3.05) is 0 Å². The smallest absolute Gasteiger partial charge is 0.248 e. The van der Waals surface area contributed by atoms with Crippen LogP contribution in [0.3, 0.4) is 0 Å². The Morgan fingerprint density at radius 2 is 1.89 bits per heavy atom. The van der Waals surface area contributed by atoms with Gasteiger partial charge in [-0.05, 0) is 68.0 Å². The summed E-state index contributed by atoms with van der Waals surface area (Å²) >= 11 is 0. The third-order valence-electron chi connectivity index (χ3n) is 5.76. The zero-order valence-corrected chi connectivity index (χ0v) is 15.9. The van der Waals surface area contributed by atoms with E-state index in [2.05, 4.69) is 17.2 Å². The van der Waals surface area contributed by atoms with E-state index in [0.29, 0.717) is 17.2 Å². The van der Waals surface area contributed by atoms with Gasteiger partial charge in [-0.2, -0.15) is 0 Å². The monoisotopic (exact) mass is 376 g/mol. The SMILES string of the molecule is NC(=O)c1ccc(C#Cc2ccccc2F)cc1CC1(NC2CC2)CCCC1. The van der Waals surface area contributed by atoms with Gasteiger partial charge in [-0.25, -0.2) is 4.39 Å². The van der Waals surface area contributed by atoms with Crippen LogP contribution in [-0.4, -0.2) is 17.5 Å². The fourth-order valence-electron chi connectivity index (χ4n) is 4.21. The van der Waals surface area contributed by atoms with E-state index in [4.69, 9.17) is 5.73 Å². The van der Waals surface area contributed by atoms with Gasteiger partial charge in [0.2, 0.25) is 5.91 Å². The first-order valence-corrected chi connectivity index (χ1v) is 10.0. The first kappa shape index (κ1) is 18.7. The van der Waals surface area contributed by atoms with Crippen LogP contribution in [0.2, 0.25) is 0 Å². The average molecular weight is 376 g/mol. The molecule has 0 spiro atoms. The summed E-state index contributed by atoms with van der Waals surface area (Å²) in [7, 11) is 0. The van der Waals surface area contributed by atoms with Crippen molar-refractivity contribution in [2.45, 2.75) is 56.5 Å². The quantitative estimate of drug-likeness (QED) is 0.777. The molecule has 2 aliphatic carbocycles. The summed E-state index contributed by atoms with van der Waals surface area (Å²) < 4.78 is 13.8. The van der Waals surface area contributed by atoms with E-state index >= 15 is 0 Å². The van der Waals surface area contributed by atoms with Gasteiger partial charge in [0.1, 0.15) is 5.82 Å². The average Bonchev–Trinajstić information content (AvgIpc) is 3.37. The van der Waals surface area contributed by atoms with Crippen molar-refractivity contribution in [3.8, 4) is 11.8 Å².